The van der Waals surface area contributed by atoms with Crippen molar-refractivity contribution in [3.05, 3.63) is 71.1 Å². The second kappa shape index (κ2) is 8.19. The van der Waals surface area contributed by atoms with Gasteiger partial charge in [-0.3, -0.25) is 0 Å². The summed E-state index contributed by atoms with van der Waals surface area (Å²) in [6.07, 6.45) is -3.81. The molecule has 0 spiro atoms. The molecule has 1 heterocycles. The van der Waals surface area contributed by atoms with Crippen LogP contribution in [-0.4, -0.2) is 11.6 Å². The minimum absolute atomic E-state index is 0.308. The highest BCUT2D eigenvalue weighted by atomic mass is 32.2. The van der Waals surface area contributed by atoms with Crippen LogP contribution in [0.5, 0.6) is 0 Å². The predicted molar refractivity (Wildman–Crippen MR) is 98.4 cm³/mol. The molecule has 3 rings (SSSR count). The molecule has 0 saturated carbocycles. The Bertz CT molecular complexity index is 887. The highest BCUT2D eigenvalue weighted by Crippen LogP contribution is 2.31. The summed E-state index contributed by atoms with van der Waals surface area (Å²) in [5.74, 6) is 0.941. The third-order valence-electron chi connectivity index (χ3n) is 3.95. The molecule has 0 unspecified atom stereocenters. The molecule has 3 nitrogen and oxygen atoms in total. The number of oxazole rings is 1. The van der Waals surface area contributed by atoms with E-state index in [2.05, 4.69) is 4.98 Å². The molecule has 0 aliphatic heterocycles. The highest BCUT2D eigenvalue weighted by Gasteiger charge is 2.30. The predicted octanol–water partition coefficient (Wildman–Crippen LogP) is 6.24. The van der Waals surface area contributed by atoms with Gasteiger partial charge in [-0.15, -0.1) is 0 Å². The van der Waals surface area contributed by atoms with Crippen molar-refractivity contribution in [3.8, 4) is 11.5 Å². The topological polar surface area (TPSA) is 35.3 Å². The Hall–Kier alpha value is -2.25. The molecule has 3 aromatic rings. The second-order valence-corrected chi connectivity index (χ2v) is 6.94. The molecule has 0 N–H and O–H groups in total. The number of alkyl halides is 3. The molecule has 7 heteroatoms. The van der Waals surface area contributed by atoms with Gasteiger partial charge in [0.05, 0.1) is 17.9 Å². The Morgan fingerprint density at radius 2 is 1.67 bits per heavy atom. The SMILES string of the molecule is Cc1ccc(SOCCc2nc(-c3ccc(C(F)(F)F)cc3)oc2C)cc1. The normalized spacial score (nSPS) is 11.7. The average molecular weight is 393 g/mol. The van der Waals surface area contributed by atoms with Crippen molar-refractivity contribution in [2.45, 2.75) is 31.3 Å². The van der Waals surface area contributed by atoms with Crippen molar-refractivity contribution < 1.29 is 21.8 Å². The van der Waals surface area contributed by atoms with Crippen molar-refractivity contribution in [2.24, 2.45) is 0 Å². The van der Waals surface area contributed by atoms with Gasteiger partial charge in [0.15, 0.2) is 0 Å². The highest BCUT2D eigenvalue weighted by molar-refractivity contribution is 7.94. The Labute approximate surface area is 159 Å². The first-order valence-corrected chi connectivity index (χ1v) is 9.07. The summed E-state index contributed by atoms with van der Waals surface area (Å²) in [6, 6.07) is 12.8. The van der Waals surface area contributed by atoms with Crippen molar-refractivity contribution in [2.75, 3.05) is 6.61 Å². The lowest BCUT2D eigenvalue weighted by atomic mass is 10.1. The first-order valence-electron chi connectivity index (χ1n) is 8.33. The number of hydrogen-bond donors (Lipinski definition) is 0. The van der Waals surface area contributed by atoms with Crippen LogP contribution in [0, 0.1) is 13.8 Å². The Kier molecular flexibility index (Phi) is 5.92. The zero-order chi connectivity index (χ0) is 19.4. The Morgan fingerprint density at radius 3 is 2.30 bits per heavy atom. The van der Waals surface area contributed by atoms with E-state index in [0.717, 1.165) is 22.7 Å². The van der Waals surface area contributed by atoms with Gasteiger partial charge in [-0.05, 0) is 50.2 Å². The summed E-state index contributed by atoms with van der Waals surface area (Å²) in [4.78, 5) is 5.41. The van der Waals surface area contributed by atoms with Crippen LogP contribution in [0.2, 0.25) is 0 Å². The fraction of sp³-hybridized carbons (Fsp3) is 0.250. The number of aryl methyl sites for hydroxylation is 2. The summed E-state index contributed by atoms with van der Waals surface area (Å²) in [5, 5.41) is 0. The van der Waals surface area contributed by atoms with Crippen molar-refractivity contribution >= 4 is 12.0 Å². The quantitative estimate of drug-likeness (QED) is 0.367. The van der Waals surface area contributed by atoms with Gasteiger partial charge in [0.1, 0.15) is 5.76 Å². The third-order valence-corrected chi connectivity index (χ3v) is 4.70. The number of benzene rings is 2. The van der Waals surface area contributed by atoms with E-state index >= 15 is 0 Å². The van der Waals surface area contributed by atoms with Gasteiger partial charge in [0, 0.05) is 28.9 Å². The van der Waals surface area contributed by atoms with E-state index in [0.29, 0.717) is 30.2 Å². The van der Waals surface area contributed by atoms with Gasteiger partial charge >= 0.3 is 6.18 Å². The summed E-state index contributed by atoms with van der Waals surface area (Å²) in [5.41, 5.74) is 1.73. The number of rotatable bonds is 6. The molecule has 0 aliphatic rings. The van der Waals surface area contributed by atoms with E-state index in [4.69, 9.17) is 8.60 Å². The maximum Gasteiger partial charge on any atom is 0.416 e. The van der Waals surface area contributed by atoms with Gasteiger partial charge in [0.25, 0.3) is 0 Å². The first-order chi connectivity index (χ1) is 12.8. The van der Waals surface area contributed by atoms with Gasteiger partial charge in [-0.1, -0.05) is 17.7 Å². The van der Waals surface area contributed by atoms with E-state index in [-0.39, 0.29) is 0 Å². The number of halogens is 3. The second-order valence-electron chi connectivity index (χ2n) is 6.07. The summed E-state index contributed by atoms with van der Waals surface area (Å²) in [6.45, 7) is 4.25. The van der Waals surface area contributed by atoms with Crippen LogP contribution in [-0.2, 0) is 16.8 Å². The van der Waals surface area contributed by atoms with Gasteiger partial charge in [-0.2, -0.15) is 13.2 Å². The van der Waals surface area contributed by atoms with Crippen molar-refractivity contribution in [3.63, 3.8) is 0 Å². The lowest BCUT2D eigenvalue weighted by Crippen LogP contribution is -2.04. The first kappa shape index (κ1) is 19.5. The van der Waals surface area contributed by atoms with E-state index in [1.807, 2.05) is 31.2 Å². The minimum Gasteiger partial charge on any atom is -0.441 e. The molecule has 0 radical (unpaired) electrons. The van der Waals surface area contributed by atoms with Gasteiger partial charge < -0.3 is 8.60 Å². The number of nitrogens with zero attached hydrogens (tertiary/aromatic N) is 1. The molecule has 0 bridgehead atoms. The molecule has 142 valence electrons. The summed E-state index contributed by atoms with van der Waals surface area (Å²) in [7, 11) is 0. The van der Waals surface area contributed by atoms with Gasteiger partial charge in [0.2, 0.25) is 5.89 Å². The molecular formula is C20H18F3NO2S. The molecule has 1 aromatic heterocycles. The summed E-state index contributed by atoms with van der Waals surface area (Å²) < 4.78 is 49.1. The van der Waals surface area contributed by atoms with Crippen LogP contribution in [0.25, 0.3) is 11.5 Å². The fourth-order valence-corrected chi connectivity index (χ4v) is 2.98. The van der Waals surface area contributed by atoms with E-state index in [9.17, 15) is 13.2 Å². The molecule has 0 atom stereocenters. The van der Waals surface area contributed by atoms with E-state index in [1.165, 1.54) is 29.7 Å². The molecule has 27 heavy (non-hydrogen) atoms. The fourth-order valence-electron chi connectivity index (χ4n) is 2.43. The van der Waals surface area contributed by atoms with Gasteiger partial charge in [-0.25, -0.2) is 4.98 Å². The largest absolute Gasteiger partial charge is 0.441 e. The molecule has 0 aliphatic carbocycles. The smallest absolute Gasteiger partial charge is 0.416 e. The lowest BCUT2D eigenvalue weighted by molar-refractivity contribution is -0.137. The van der Waals surface area contributed by atoms with Crippen LogP contribution >= 0.6 is 12.0 Å². The third kappa shape index (κ3) is 5.14. The molecular weight excluding hydrogens is 375 g/mol. The zero-order valence-corrected chi connectivity index (χ0v) is 15.7. The van der Waals surface area contributed by atoms with Crippen LogP contribution in [0.4, 0.5) is 13.2 Å². The van der Waals surface area contributed by atoms with E-state index < -0.39 is 11.7 Å². The van der Waals surface area contributed by atoms with Crippen LogP contribution in [0.1, 0.15) is 22.6 Å². The Morgan fingerprint density at radius 1 is 1.00 bits per heavy atom. The average Bonchev–Trinajstić information content (AvgIpc) is 3.00. The summed E-state index contributed by atoms with van der Waals surface area (Å²) >= 11 is 1.30. The monoisotopic (exact) mass is 393 g/mol. The molecule has 0 amide bonds. The van der Waals surface area contributed by atoms with Crippen LogP contribution in [0.15, 0.2) is 57.8 Å². The molecule has 2 aromatic carbocycles. The number of hydrogen-bond acceptors (Lipinski definition) is 4. The maximum atomic E-state index is 12.7. The number of aromatic nitrogens is 1. The zero-order valence-electron chi connectivity index (χ0n) is 14.8. The van der Waals surface area contributed by atoms with Crippen molar-refractivity contribution in [1.29, 1.82) is 0 Å². The van der Waals surface area contributed by atoms with Crippen LogP contribution < -0.4 is 0 Å². The van der Waals surface area contributed by atoms with Crippen LogP contribution in [0.3, 0.4) is 0 Å². The molecule has 0 saturated heterocycles. The lowest BCUT2D eigenvalue weighted by Gasteiger charge is -2.06. The Balaban J connectivity index is 1.58. The molecule has 0 fully saturated rings. The van der Waals surface area contributed by atoms with E-state index in [1.54, 1.807) is 6.92 Å². The maximum absolute atomic E-state index is 12.7. The minimum atomic E-state index is -4.36. The van der Waals surface area contributed by atoms with Crippen molar-refractivity contribution in [1.82, 2.24) is 4.98 Å². The standard InChI is InChI=1S/C20H18F3NO2S/c1-13-3-9-17(10-4-13)27-25-12-11-18-14(2)26-19(24-18)15-5-7-16(8-6-15)20(21,22)23/h3-10H,11-12H2,1-2H3.